The van der Waals surface area contributed by atoms with Crippen LogP contribution < -0.4 is 0 Å². The van der Waals surface area contributed by atoms with E-state index in [2.05, 4.69) is 17.1 Å². The lowest BCUT2D eigenvalue weighted by Crippen LogP contribution is -2.44. The standard InChI is InChI=1S/C21H24N2O2/c1-15-9-17(13-22-12-15)20(25)23-18-7-8-19(23)21(11-18,14-24)10-16-5-3-2-4-6-16/h2-6,9,12-13,18-19,24H,7-8,10-11,14H2,1H3/t18-,19+,21-/m0/s1. The minimum absolute atomic E-state index is 0.0621. The number of hydrogen-bond acceptors (Lipinski definition) is 3. The number of carbonyl (C=O) groups excluding carboxylic acids is 1. The molecule has 2 fully saturated rings. The summed E-state index contributed by atoms with van der Waals surface area (Å²) in [6.45, 7) is 2.08. The van der Waals surface area contributed by atoms with Crippen molar-refractivity contribution >= 4 is 5.91 Å². The Morgan fingerprint density at radius 2 is 2.08 bits per heavy atom. The number of pyridine rings is 1. The normalized spacial score (nSPS) is 27.7. The summed E-state index contributed by atoms with van der Waals surface area (Å²) in [5.41, 5.74) is 2.66. The van der Waals surface area contributed by atoms with Crippen LogP contribution in [-0.4, -0.2) is 39.6 Å². The SMILES string of the molecule is Cc1cncc(C(=O)N2[C@H]3CC[C@@H]2[C@@](CO)(Cc2ccccc2)C3)c1. The van der Waals surface area contributed by atoms with E-state index < -0.39 is 0 Å². The molecule has 3 heterocycles. The molecule has 4 rings (SSSR count). The number of carbonyl (C=O) groups is 1. The first-order valence-electron chi connectivity index (χ1n) is 9.02. The molecule has 0 spiro atoms. The highest BCUT2D eigenvalue weighted by molar-refractivity contribution is 5.95. The van der Waals surface area contributed by atoms with Gasteiger partial charge in [0.2, 0.25) is 0 Å². The Kier molecular flexibility index (Phi) is 4.08. The summed E-state index contributed by atoms with van der Waals surface area (Å²) in [4.78, 5) is 19.3. The van der Waals surface area contributed by atoms with Crippen LogP contribution in [0.25, 0.3) is 0 Å². The zero-order chi connectivity index (χ0) is 17.4. The van der Waals surface area contributed by atoms with Gasteiger partial charge in [0, 0.05) is 29.9 Å². The third-order valence-electron chi connectivity index (χ3n) is 5.92. The summed E-state index contributed by atoms with van der Waals surface area (Å²) < 4.78 is 0. The van der Waals surface area contributed by atoms with Gasteiger partial charge in [-0.25, -0.2) is 0 Å². The van der Waals surface area contributed by atoms with Gasteiger partial charge >= 0.3 is 0 Å². The predicted molar refractivity (Wildman–Crippen MR) is 96.2 cm³/mol. The second-order valence-electron chi connectivity index (χ2n) is 7.60. The molecule has 2 aliphatic rings. The molecule has 0 unspecified atom stereocenters. The van der Waals surface area contributed by atoms with Crippen molar-refractivity contribution in [2.24, 2.45) is 5.41 Å². The molecule has 130 valence electrons. The number of fused-ring (bicyclic) bond motifs is 2. The van der Waals surface area contributed by atoms with E-state index >= 15 is 0 Å². The smallest absolute Gasteiger partial charge is 0.255 e. The van der Waals surface area contributed by atoms with Crippen molar-refractivity contribution in [3.63, 3.8) is 0 Å². The molecule has 2 aromatic rings. The molecule has 1 amide bonds. The van der Waals surface area contributed by atoms with E-state index in [1.807, 2.05) is 36.1 Å². The van der Waals surface area contributed by atoms with Gasteiger partial charge in [-0.3, -0.25) is 9.78 Å². The highest BCUT2D eigenvalue weighted by Gasteiger charge is 2.57. The largest absolute Gasteiger partial charge is 0.396 e. The van der Waals surface area contributed by atoms with Gasteiger partial charge in [-0.2, -0.15) is 0 Å². The Balaban J connectivity index is 1.63. The lowest BCUT2D eigenvalue weighted by Gasteiger charge is -2.36. The number of hydrogen-bond donors (Lipinski definition) is 1. The highest BCUT2D eigenvalue weighted by atomic mass is 16.3. The Morgan fingerprint density at radius 3 is 2.80 bits per heavy atom. The van der Waals surface area contributed by atoms with Crippen molar-refractivity contribution in [2.75, 3.05) is 6.61 Å². The lowest BCUT2D eigenvalue weighted by atomic mass is 9.70. The maximum Gasteiger partial charge on any atom is 0.255 e. The minimum Gasteiger partial charge on any atom is -0.396 e. The van der Waals surface area contributed by atoms with Crippen molar-refractivity contribution in [1.82, 2.24) is 9.88 Å². The van der Waals surface area contributed by atoms with Crippen LogP contribution in [0.1, 0.15) is 40.7 Å². The molecule has 25 heavy (non-hydrogen) atoms. The monoisotopic (exact) mass is 336 g/mol. The van der Waals surface area contributed by atoms with Crippen LogP contribution in [0.5, 0.6) is 0 Å². The fourth-order valence-electron chi connectivity index (χ4n) is 4.84. The van der Waals surface area contributed by atoms with Gasteiger partial charge in [0.05, 0.1) is 12.2 Å². The lowest BCUT2D eigenvalue weighted by molar-refractivity contribution is 0.0571. The molecule has 0 saturated carbocycles. The van der Waals surface area contributed by atoms with Crippen molar-refractivity contribution in [3.8, 4) is 0 Å². The summed E-state index contributed by atoms with van der Waals surface area (Å²) in [6, 6.07) is 12.6. The predicted octanol–water partition coefficient (Wildman–Crippen LogP) is 2.99. The molecule has 2 bridgehead atoms. The van der Waals surface area contributed by atoms with Crippen LogP contribution in [0.4, 0.5) is 0 Å². The van der Waals surface area contributed by atoms with Crippen LogP contribution in [0.2, 0.25) is 0 Å². The van der Waals surface area contributed by atoms with E-state index in [9.17, 15) is 9.90 Å². The van der Waals surface area contributed by atoms with Gasteiger partial charge in [0.25, 0.3) is 5.91 Å². The Hall–Kier alpha value is -2.20. The van der Waals surface area contributed by atoms with Gasteiger partial charge in [0.15, 0.2) is 0 Å². The van der Waals surface area contributed by atoms with Crippen molar-refractivity contribution in [1.29, 1.82) is 0 Å². The maximum atomic E-state index is 13.1. The molecule has 1 aromatic carbocycles. The van der Waals surface area contributed by atoms with Crippen molar-refractivity contribution in [2.45, 2.75) is 44.7 Å². The molecule has 3 atom stereocenters. The average molecular weight is 336 g/mol. The second kappa shape index (κ2) is 6.26. The summed E-state index contributed by atoms with van der Waals surface area (Å²) in [5, 5.41) is 10.3. The van der Waals surface area contributed by atoms with Crippen LogP contribution in [-0.2, 0) is 6.42 Å². The zero-order valence-corrected chi connectivity index (χ0v) is 14.6. The maximum absolute atomic E-state index is 13.1. The number of nitrogens with zero attached hydrogens (tertiary/aromatic N) is 2. The van der Waals surface area contributed by atoms with Gasteiger partial charge in [0.1, 0.15) is 0 Å². The van der Waals surface area contributed by atoms with Crippen LogP contribution >= 0.6 is 0 Å². The fraction of sp³-hybridized carbons (Fsp3) is 0.429. The molecule has 4 heteroatoms. The van der Waals surface area contributed by atoms with E-state index in [-0.39, 0.29) is 30.0 Å². The number of aliphatic hydroxyl groups is 1. The fourth-order valence-corrected chi connectivity index (χ4v) is 4.84. The first-order chi connectivity index (χ1) is 12.1. The minimum atomic E-state index is -0.225. The van der Waals surface area contributed by atoms with E-state index in [0.29, 0.717) is 5.56 Å². The summed E-state index contributed by atoms with van der Waals surface area (Å²) in [6.07, 6.45) is 7.14. The highest BCUT2D eigenvalue weighted by Crippen LogP contribution is 2.51. The Bertz CT molecular complexity index is 776. The van der Waals surface area contributed by atoms with E-state index in [1.165, 1.54) is 5.56 Å². The van der Waals surface area contributed by atoms with Crippen LogP contribution in [0.15, 0.2) is 48.8 Å². The van der Waals surface area contributed by atoms with Gasteiger partial charge in [-0.1, -0.05) is 30.3 Å². The van der Waals surface area contributed by atoms with Crippen molar-refractivity contribution in [3.05, 3.63) is 65.5 Å². The molecule has 1 aromatic heterocycles. The van der Waals surface area contributed by atoms with Crippen LogP contribution in [0.3, 0.4) is 0 Å². The molecular formula is C21H24N2O2. The molecule has 2 saturated heterocycles. The second-order valence-corrected chi connectivity index (χ2v) is 7.60. The van der Waals surface area contributed by atoms with Gasteiger partial charge < -0.3 is 10.0 Å². The molecule has 0 aliphatic carbocycles. The van der Waals surface area contributed by atoms with E-state index in [1.54, 1.807) is 12.4 Å². The van der Waals surface area contributed by atoms with E-state index in [0.717, 1.165) is 31.2 Å². The first-order valence-corrected chi connectivity index (χ1v) is 9.02. The third kappa shape index (κ3) is 2.74. The molecule has 1 N–H and O–H groups in total. The topological polar surface area (TPSA) is 53.4 Å². The molecule has 4 nitrogen and oxygen atoms in total. The molecule has 2 aliphatic heterocycles. The summed E-state index contributed by atoms with van der Waals surface area (Å²) >= 11 is 0. The summed E-state index contributed by atoms with van der Waals surface area (Å²) in [7, 11) is 0. The third-order valence-corrected chi connectivity index (χ3v) is 5.92. The Morgan fingerprint density at radius 1 is 1.28 bits per heavy atom. The summed E-state index contributed by atoms with van der Waals surface area (Å²) in [5.74, 6) is 0.0621. The van der Waals surface area contributed by atoms with E-state index in [4.69, 9.17) is 0 Å². The number of amides is 1. The molecule has 0 radical (unpaired) electrons. The first kappa shape index (κ1) is 16.3. The Labute approximate surface area is 148 Å². The average Bonchev–Trinajstić information content (AvgIpc) is 3.18. The number of aromatic nitrogens is 1. The van der Waals surface area contributed by atoms with Crippen molar-refractivity contribution < 1.29 is 9.90 Å². The number of benzene rings is 1. The number of aliphatic hydroxyl groups excluding tert-OH is 1. The number of rotatable bonds is 4. The quantitative estimate of drug-likeness (QED) is 0.934. The molecular weight excluding hydrogens is 312 g/mol. The number of aryl methyl sites for hydroxylation is 1. The van der Waals surface area contributed by atoms with Gasteiger partial charge in [-0.15, -0.1) is 0 Å². The zero-order valence-electron chi connectivity index (χ0n) is 14.6. The van der Waals surface area contributed by atoms with Crippen LogP contribution in [0, 0.1) is 12.3 Å². The van der Waals surface area contributed by atoms with Gasteiger partial charge in [-0.05, 0) is 49.8 Å².